The number of nitrogens with one attached hydrogen (secondary N) is 1. The van der Waals surface area contributed by atoms with Gasteiger partial charge in [0.2, 0.25) is 0 Å². The molecule has 92 valence electrons. The first kappa shape index (κ1) is 11.8. The van der Waals surface area contributed by atoms with E-state index in [0.717, 1.165) is 12.8 Å². The smallest absolute Gasteiger partial charge is 0.254 e. The Hall–Kier alpha value is -1.71. The van der Waals surface area contributed by atoms with Gasteiger partial charge in [-0.05, 0) is 37.8 Å². The van der Waals surface area contributed by atoms with Gasteiger partial charge in [0, 0.05) is 18.8 Å². The summed E-state index contributed by atoms with van der Waals surface area (Å²) in [5.41, 5.74) is 6.90. The van der Waals surface area contributed by atoms with Gasteiger partial charge in [-0.1, -0.05) is 0 Å². The van der Waals surface area contributed by atoms with Gasteiger partial charge in [-0.15, -0.1) is 0 Å². The van der Waals surface area contributed by atoms with Crippen LogP contribution in [0.15, 0.2) is 18.2 Å². The van der Waals surface area contributed by atoms with Crippen LogP contribution >= 0.6 is 0 Å². The first-order valence-electron chi connectivity index (χ1n) is 5.99. The van der Waals surface area contributed by atoms with Crippen LogP contribution in [0, 0.1) is 0 Å². The summed E-state index contributed by atoms with van der Waals surface area (Å²) in [5.74, 6) is 0.453. The fraction of sp³-hybridized carbons (Fsp3) is 0.462. The molecule has 17 heavy (non-hydrogen) atoms. The van der Waals surface area contributed by atoms with Gasteiger partial charge in [-0.3, -0.25) is 4.79 Å². The number of hydrogen-bond donors (Lipinski definition) is 2. The molecule has 4 nitrogen and oxygen atoms in total. The summed E-state index contributed by atoms with van der Waals surface area (Å²) in [6, 6.07) is 5.15. The average molecular weight is 234 g/mol. The van der Waals surface area contributed by atoms with Gasteiger partial charge in [0.1, 0.15) is 5.75 Å². The van der Waals surface area contributed by atoms with E-state index in [1.165, 1.54) is 12.8 Å². The van der Waals surface area contributed by atoms with E-state index in [1.54, 1.807) is 25.2 Å². The lowest BCUT2D eigenvalue weighted by Crippen LogP contribution is -2.21. The van der Waals surface area contributed by atoms with Gasteiger partial charge in [0.15, 0.2) is 0 Å². The van der Waals surface area contributed by atoms with Crippen molar-refractivity contribution in [3.8, 4) is 5.75 Å². The van der Waals surface area contributed by atoms with Crippen molar-refractivity contribution in [2.45, 2.75) is 31.8 Å². The highest BCUT2D eigenvalue weighted by molar-refractivity contribution is 5.97. The number of carbonyl (C=O) groups excluding carboxylic acids is 1. The molecule has 1 aliphatic carbocycles. The molecule has 1 fully saturated rings. The van der Waals surface area contributed by atoms with Crippen LogP contribution in [0.3, 0.4) is 0 Å². The number of anilines is 1. The predicted octanol–water partition coefficient (Wildman–Crippen LogP) is 1.95. The van der Waals surface area contributed by atoms with Gasteiger partial charge < -0.3 is 15.8 Å². The van der Waals surface area contributed by atoms with Crippen molar-refractivity contribution in [3.05, 3.63) is 23.8 Å². The summed E-state index contributed by atoms with van der Waals surface area (Å²) < 4.78 is 5.87. The Bertz CT molecular complexity index is 412. The summed E-state index contributed by atoms with van der Waals surface area (Å²) in [5, 5.41) is 2.61. The maximum absolute atomic E-state index is 11.7. The van der Waals surface area contributed by atoms with Crippen LogP contribution in [-0.4, -0.2) is 19.1 Å². The minimum absolute atomic E-state index is 0.141. The summed E-state index contributed by atoms with van der Waals surface area (Å²) in [7, 11) is 1.61. The molecule has 1 amide bonds. The molecule has 1 saturated carbocycles. The molecule has 0 bridgehead atoms. The zero-order valence-corrected chi connectivity index (χ0v) is 10.0. The molecule has 2 rings (SSSR count). The summed E-state index contributed by atoms with van der Waals surface area (Å²) >= 11 is 0. The second-order valence-electron chi connectivity index (χ2n) is 4.36. The molecule has 0 aliphatic heterocycles. The Morgan fingerprint density at radius 1 is 1.41 bits per heavy atom. The Morgan fingerprint density at radius 2 is 2.12 bits per heavy atom. The maximum atomic E-state index is 11.7. The average Bonchev–Trinajstić information content (AvgIpc) is 2.81. The predicted molar refractivity (Wildman–Crippen MR) is 67.1 cm³/mol. The second-order valence-corrected chi connectivity index (χ2v) is 4.36. The summed E-state index contributed by atoms with van der Waals surface area (Å²) in [6.45, 7) is 0. The second kappa shape index (κ2) is 5.08. The van der Waals surface area contributed by atoms with E-state index in [9.17, 15) is 4.79 Å². The van der Waals surface area contributed by atoms with E-state index in [1.807, 2.05) is 0 Å². The quantitative estimate of drug-likeness (QED) is 0.786. The molecule has 0 heterocycles. The van der Waals surface area contributed by atoms with Crippen LogP contribution in [0.25, 0.3) is 0 Å². The lowest BCUT2D eigenvalue weighted by atomic mass is 10.1. The van der Waals surface area contributed by atoms with Gasteiger partial charge in [-0.2, -0.15) is 0 Å². The molecule has 0 aromatic heterocycles. The molecular weight excluding hydrogens is 216 g/mol. The first-order chi connectivity index (χ1) is 8.20. The standard InChI is InChI=1S/C13H18N2O2/c1-15-13(16)11-7-6-9(14)8-12(11)17-10-4-2-3-5-10/h6-8,10H,2-5,14H2,1H3,(H,15,16). The lowest BCUT2D eigenvalue weighted by molar-refractivity contribution is 0.0956. The lowest BCUT2D eigenvalue weighted by Gasteiger charge is -2.16. The van der Waals surface area contributed by atoms with Crippen LogP contribution in [0.5, 0.6) is 5.75 Å². The Kier molecular flexibility index (Phi) is 3.52. The maximum Gasteiger partial charge on any atom is 0.254 e. The molecule has 4 heteroatoms. The highest BCUT2D eigenvalue weighted by atomic mass is 16.5. The van der Waals surface area contributed by atoms with Crippen molar-refractivity contribution in [2.24, 2.45) is 0 Å². The summed E-state index contributed by atoms with van der Waals surface area (Å²) in [4.78, 5) is 11.7. The van der Waals surface area contributed by atoms with Crippen molar-refractivity contribution in [2.75, 3.05) is 12.8 Å². The van der Waals surface area contributed by atoms with Crippen molar-refractivity contribution in [3.63, 3.8) is 0 Å². The molecule has 1 aromatic rings. The van der Waals surface area contributed by atoms with E-state index in [-0.39, 0.29) is 12.0 Å². The van der Waals surface area contributed by atoms with Crippen LogP contribution in [0.2, 0.25) is 0 Å². The number of ether oxygens (including phenoxy) is 1. The third kappa shape index (κ3) is 2.70. The van der Waals surface area contributed by atoms with Gasteiger partial charge in [0.05, 0.1) is 11.7 Å². The molecule has 1 aliphatic rings. The van der Waals surface area contributed by atoms with Crippen LogP contribution in [0.4, 0.5) is 5.69 Å². The highest BCUT2D eigenvalue weighted by Gasteiger charge is 2.19. The number of rotatable bonds is 3. The number of nitrogen functional groups attached to an aromatic ring is 1. The molecule has 0 atom stereocenters. The molecule has 0 unspecified atom stereocenters. The Labute approximate surface area is 101 Å². The molecule has 0 spiro atoms. The van der Waals surface area contributed by atoms with Crippen molar-refractivity contribution >= 4 is 11.6 Å². The van der Waals surface area contributed by atoms with E-state index in [4.69, 9.17) is 10.5 Å². The molecule has 3 N–H and O–H groups in total. The van der Waals surface area contributed by atoms with Crippen molar-refractivity contribution in [1.82, 2.24) is 5.32 Å². The van der Waals surface area contributed by atoms with Gasteiger partial charge in [-0.25, -0.2) is 0 Å². The fourth-order valence-electron chi connectivity index (χ4n) is 2.14. The van der Waals surface area contributed by atoms with Gasteiger partial charge in [0.25, 0.3) is 5.91 Å². The number of amides is 1. The topological polar surface area (TPSA) is 64.4 Å². The number of benzene rings is 1. The molecule has 1 aromatic carbocycles. The van der Waals surface area contributed by atoms with Crippen molar-refractivity contribution in [1.29, 1.82) is 0 Å². The zero-order chi connectivity index (χ0) is 12.3. The minimum Gasteiger partial charge on any atom is -0.490 e. The minimum atomic E-state index is -0.141. The highest BCUT2D eigenvalue weighted by Crippen LogP contribution is 2.28. The Balaban J connectivity index is 2.22. The van der Waals surface area contributed by atoms with Crippen LogP contribution < -0.4 is 15.8 Å². The van der Waals surface area contributed by atoms with E-state index >= 15 is 0 Å². The SMILES string of the molecule is CNC(=O)c1ccc(N)cc1OC1CCCC1. The third-order valence-electron chi connectivity index (χ3n) is 3.07. The largest absolute Gasteiger partial charge is 0.490 e. The normalized spacial score (nSPS) is 15.8. The Morgan fingerprint density at radius 3 is 2.76 bits per heavy atom. The third-order valence-corrected chi connectivity index (χ3v) is 3.07. The number of hydrogen-bond acceptors (Lipinski definition) is 3. The number of carbonyl (C=O) groups is 1. The molecule has 0 radical (unpaired) electrons. The van der Waals surface area contributed by atoms with E-state index in [2.05, 4.69) is 5.32 Å². The van der Waals surface area contributed by atoms with Crippen LogP contribution in [-0.2, 0) is 0 Å². The van der Waals surface area contributed by atoms with E-state index < -0.39 is 0 Å². The van der Waals surface area contributed by atoms with Crippen molar-refractivity contribution < 1.29 is 9.53 Å². The monoisotopic (exact) mass is 234 g/mol. The molecular formula is C13H18N2O2. The van der Waals surface area contributed by atoms with Crippen LogP contribution in [0.1, 0.15) is 36.0 Å². The van der Waals surface area contributed by atoms with E-state index in [0.29, 0.717) is 17.0 Å². The zero-order valence-electron chi connectivity index (χ0n) is 10.0. The first-order valence-corrected chi connectivity index (χ1v) is 5.99. The summed E-state index contributed by atoms with van der Waals surface area (Å²) in [6.07, 6.45) is 4.73. The number of nitrogens with two attached hydrogens (primary N) is 1. The molecule has 0 saturated heterocycles. The fourth-order valence-corrected chi connectivity index (χ4v) is 2.14. The van der Waals surface area contributed by atoms with Gasteiger partial charge >= 0.3 is 0 Å².